The molecule has 7 heteroatoms. The molecule has 2 aromatic heterocycles. The summed E-state index contributed by atoms with van der Waals surface area (Å²) in [4.78, 5) is 16.6. The van der Waals surface area contributed by atoms with Crippen molar-refractivity contribution in [2.75, 3.05) is 0 Å². The number of benzene rings is 2. The predicted molar refractivity (Wildman–Crippen MR) is 93.0 cm³/mol. The van der Waals surface area contributed by atoms with Crippen LogP contribution in [0.2, 0.25) is 0 Å². The van der Waals surface area contributed by atoms with E-state index in [0.29, 0.717) is 16.6 Å². The van der Waals surface area contributed by atoms with Crippen LogP contribution < -0.4 is 0 Å². The Morgan fingerprint density at radius 2 is 1.81 bits per heavy atom. The van der Waals surface area contributed by atoms with Crippen LogP contribution in [0.15, 0.2) is 54.7 Å². The Kier molecular flexibility index (Phi) is 3.91. The lowest BCUT2D eigenvalue weighted by Gasteiger charge is -2.08. The number of fused-ring (bicyclic) bond motifs is 2. The molecule has 5 nitrogen and oxygen atoms in total. The maximum absolute atomic E-state index is 13.4. The van der Waals surface area contributed by atoms with E-state index in [9.17, 15) is 13.6 Å². The van der Waals surface area contributed by atoms with Crippen molar-refractivity contribution in [3.63, 3.8) is 0 Å². The molecule has 0 N–H and O–H groups in total. The second kappa shape index (κ2) is 6.25. The van der Waals surface area contributed by atoms with Gasteiger partial charge in [-0.15, -0.1) is 0 Å². The highest BCUT2D eigenvalue weighted by molar-refractivity contribution is 6.04. The molecule has 0 bridgehead atoms. The van der Waals surface area contributed by atoms with E-state index in [-0.39, 0.29) is 12.4 Å². The van der Waals surface area contributed by atoms with Crippen LogP contribution in [-0.4, -0.2) is 20.1 Å². The van der Waals surface area contributed by atoms with Crippen LogP contribution in [0.25, 0.3) is 21.9 Å². The van der Waals surface area contributed by atoms with Gasteiger partial charge in [-0.2, -0.15) is 8.78 Å². The topological polar surface area (TPSA) is 49.1 Å². The van der Waals surface area contributed by atoms with E-state index >= 15 is 0 Å². The van der Waals surface area contributed by atoms with Crippen molar-refractivity contribution < 1.29 is 18.3 Å². The quantitative estimate of drug-likeness (QED) is 0.514. The van der Waals surface area contributed by atoms with Crippen LogP contribution in [0.3, 0.4) is 0 Å². The summed E-state index contributed by atoms with van der Waals surface area (Å²) >= 11 is 0. The molecular weight excluding hydrogens is 340 g/mol. The summed E-state index contributed by atoms with van der Waals surface area (Å²) in [5.74, 6) is -0.565. The van der Waals surface area contributed by atoms with Gasteiger partial charge in [0, 0.05) is 24.1 Å². The summed E-state index contributed by atoms with van der Waals surface area (Å²) in [6.45, 7) is -3.10. The van der Waals surface area contributed by atoms with E-state index in [4.69, 9.17) is 4.74 Å². The van der Waals surface area contributed by atoms with Crippen LogP contribution in [-0.2, 0) is 18.4 Å². The number of nitrogens with zero attached hydrogens (tertiary/aromatic N) is 3. The van der Waals surface area contributed by atoms with E-state index in [1.165, 1.54) is 0 Å². The van der Waals surface area contributed by atoms with Gasteiger partial charge in [0.2, 0.25) is 0 Å². The van der Waals surface area contributed by atoms with Gasteiger partial charge in [-0.25, -0.2) is 9.78 Å². The van der Waals surface area contributed by atoms with Crippen molar-refractivity contribution in [1.29, 1.82) is 0 Å². The molecule has 0 atom stereocenters. The van der Waals surface area contributed by atoms with Gasteiger partial charge in [-0.05, 0) is 18.2 Å². The molecular formula is C19H15F2N3O2. The van der Waals surface area contributed by atoms with E-state index in [1.807, 2.05) is 35.9 Å². The Morgan fingerprint density at radius 3 is 2.58 bits per heavy atom. The zero-order valence-electron chi connectivity index (χ0n) is 13.9. The molecule has 0 aliphatic rings. The van der Waals surface area contributed by atoms with Crippen molar-refractivity contribution in [2.45, 2.75) is 13.2 Å². The Hall–Kier alpha value is -3.22. The number of halogens is 2. The Morgan fingerprint density at radius 1 is 1.12 bits per heavy atom. The third kappa shape index (κ3) is 2.61. The molecule has 0 aliphatic carbocycles. The maximum atomic E-state index is 13.4. The average molecular weight is 355 g/mol. The largest absolute Gasteiger partial charge is 0.454 e. The van der Waals surface area contributed by atoms with Gasteiger partial charge >= 0.3 is 12.5 Å². The number of rotatable bonds is 4. The number of carbonyl (C=O) groups excluding carboxylic acids is 1. The number of aryl methyl sites for hydroxylation is 1. The summed E-state index contributed by atoms with van der Waals surface area (Å²) in [6, 6.07) is 14.0. The highest BCUT2D eigenvalue weighted by atomic mass is 19.3. The highest BCUT2D eigenvalue weighted by Gasteiger charge is 2.20. The molecule has 0 saturated heterocycles. The second-order valence-corrected chi connectivity index (χ2v) is 5.91. The minimum absolute atomic E-state index is 0.00906. The molecule has 4 aromatic rings. The van der Waals surface area contributed by atoms with Gasteiger partial charge in [-0.1, -0.05) is 30.3 Å². The number of hydrogen-bond acceptors (Lipinski definition) is 3. The van der Waals surface area contributed by atoms with Crippen molar-refractivity contribution in [1.82, 2.24) is 14.1 Å². The minimum atomic E-state index is -2.77. The number of hydrogen-bond donors (Lipinski definition) is 0. The molecule has 0 saturated carbocycles. The average Bonchev–Trinajstić information content (AvgIpc) is 3.18. The third-order valence-electron chi connectivity index (χ3n) is 4.31. The van der Waals surface area contributed by atoms with E-state index in [1.54, 1.807) is 30.5 Å². The van der Waals surface area contributed by atoms with Gasteiger partial charge in [0.1, 0.15) is 6.61 Å². The molecule has 2 aromatic carbocycles. The lowest BCUT2D eigenvalue weighted by atomic mass is 10.2. The molecule has 2 heterocycles. The Bertz CT molecular complexity index is 1110. The lowest BCUT2D eigenvalue weighted by Crippen LogP contribution is -2.10. The van der Waals surface area contributed by atoms with Gasteiger partial charge < -0.3 is 9.30 Å². The number of esters is 1. The van der Waals surface area contributed by atoms with Crippen molar-refractivity contribution in [2.24, 2.45) is 7.05 Å². The zero-order valence-corrected chi connectivity index (χ0v) is 13.9. The van der Waals surface area contributed by atoms with Crippen molar-refractivity contribution >= 4 is 27.9 Å². The molecule has 26 heavy (non-hydrogen) atoms. The van der Waals surface area contributed by atoms with Gasteiger partial charge in [0.25, 0.3) is 0 Å². The predicted octanol–water partition coefficient (Wildman–Crippen LogP) is 4.28. The molecule has 0 unspecified atom stereocenters. The number of alkyl halides is 2. The lowest BCUT2D eigenvalue weighted by molar-refractivity contribution is 0.0389. The Labute approximate surface area is 147 Å². The summed E-state index contributed by atoms with van der Waals surface area (Å²) in [5.41, 5.74) is 2.02. The minimum Gasteiger partial charge on any atom is -0.454 e. The van der Waals surface area contributed by atoms with E-state index < -0.39 is 12.5 Å². The van der Waals surface area contributed by atoms with Gasteiger partial charge in [-0.3, -0.25) is 4.57 Å². The molecule has 0 radical (unpaired) electrons. The first-order chi connectivity index (χ1) is 12.6. The Balaban J connectivity index is 1.64. The summed E-state index contributed by atoms with van der Waals surface area (Å²) in [7, 11) is 1.83. The molecule has 132 valence electrons. The fraction of sp³-hybridized carbons (Fsp3) is 0.158. The van der Waals surface area contributed by atoms with E-state index in [0.717, 1.165) is 15.5 Å². The first-order valence-corrected chi connectivity index (χ1v) is 8.01. The first-order valence-electron chi connectivity index (χ1n) is 8.01. The summed E-state index contributed by atoms with van der Waals surface area (Å²) < 4.78 is 34.7. The van der Waals surface area contributed by atoms with Crippen LogP contribution in [0, 0.1) is 0 Å². The van der Waals surface area contributed by atoms with Crippen LogP contribution >= 0.6 is 0 Å². The number of ether oxygens (including phenoxy) is 1. The number of imidazole rings is 1. The monoisotopic (exact) mass is 355 g/mol. The molecule has 0 fully saturated rings. The highest BCUT2D eigenvalue weighted by Crippen LogP contribution is 2.25. The normalized spacial score (nSPS) is 11.5. The molecule has 0 amide bonds. The van der Waals surface area contributed by atoms with Gasteiger partial charge in [0.05, 0.1) is 16.6 Å². The van der Waals surface area contributed by atoms with Crippen molar-refractivity contribution in [3.8, 4) is 0 Å². The molecule has 0 aliphatic heterocycles. The fourth-order valence-corrected chi connectivity index (χ4v) is 3.13. The second-order valence-electron chi connectivity index (χ2n) is 5.91. The SMILES string of the molecule is Cn1cc(C(=O)OCc2nc3ccccc3n2C(F)F)c2ccccc21. The summed E-state index contributed by atoms with van der Waals surface area (Å²) in [5, 5.41) is 0.752. The third-order valence-corrected chi connectivity index (χ3v) is 4.31. The number of para-hydroxylation sites is 3. The fourth-order valence-electron chi connectivity index (χ4n) is 3.13. The zero-order chi connectivity index (χ0) is 18.3. The number of aromatic nitrogens is 3. The smallest absolute Gasteiger partial charge is 0.340 e. The van der Waals surface area contributed by atoms with Crippen molar-refractivity contribution in [3.05, 3.63) is 66.1 Å². The molecule has 0 spiro atoms. The maximum Gasteiger partial charge on any atom is 0.340 e. The van der Waals surface area contributed by atoms with Crippen LogP contribution in [0.1, 0.15) is 22.7 Å². The first kappa shape index (κ1) is 16.3. The van der Waals surface area contributed by atoms with Crippen LogP contribution in [0.4, 0.5) is 8.78 Å². The van der Waals surface area contributed by atoms with Gasteiger partial charge in [0.15, 0.2) is 5.82 Å². The number of carbonyl (C=O) groups is 1. The van der Waals surface area contributed by atoms with Crippen LogP contribution in [0.5, 0.6) is 0 Å². The molecule has 4 rings (SSSR count). The summed E-state index contributed by atoms with van der Waals surface area (Å²) in [6.07, 6.45) is 1.67. The van der Waals surface area contributed by atoms with E-state index in [2.05, 4.69) is 4.98 Å². The standard InChI is InChI=1S/C19H15F2N3O2/c1-23-10-13(12-6-2-4-8-15(12)23)18(25)26-11-17-22-14-7-3-5-9-16(14)24(17)19(20)21/h2-10,19H,11H2,1H3.